The summed E-state index contributed by atoms with van der Waals surface area (Å²) in [5.41, 5.74) is 0.508. The molecule has 1 atom stereocenters. The summed E-state index contributed by atoms with van der Waals surface area (Å²) in [4.78, 5) is 14.2. The largest absolute Gasteiger partial charge is 0.338 e. The second-order valence-corrected chi connectivity index (χ2v) is 5.47. The normalized spacial score (nSPS) is 20.4. The molecule has 1 aliphatic rings. The molecule has 0 spiro atoms. The Balaban J connectivity index is 2.21. The van der Waals surface area contributed by atoms with Gasteiger partial charge in [0.25, 0.3) is 5.91 Å². The Morgan fingerprint density at radius 1 is 1.41 bits per heavy atom. The minimum Gasteiger partial charge on any atom is -0.338 e. The molecule has 0 N–H and O–H groups in total. The van der Waals surface area contributed by atoms with E-state index in [1.807, 2.05) is 4.90 Å². The van der Waals surface area contributed by atoms with Gasteiger partial charge in [0.1, 0.15) is 0 Å². The summed E-state index contributed by atoms with van der Waals surface area (Å²) in [7, 11) is 0. The predicted octanol–water partition coefficient (Wildman–Crippen LogP) is 3.87. The summed E-state index contributed by atoms with van der Waals surface area (Å²) in [6.45, 7) is 3.78. The highest BCUT2D eigenvalue weighted by atomic mass is 35.5. The first-order valence-corrected chi connectivity index (χ1v) is 6.58. The number of nitrogens with zero attached hydrogens (tertiary/aromatic N) is 1. The highest BCUT2D eigenvalue weighted by molar-refractivity contribution is 6.35. The summed E-state index contributed by atoms with van der Waals surface area (Å²) in [6.07, 6.45) is 2.25. The summed E-state index contributed by atoms with van der Waals surface area (Å²) in [6, 6.07) is 5.01. The molecule has 1 aromatic rings. The highest BCUT2D eigenvalue weighted by Gasteiger charge is 2.23. The summed E-state index contributed by atoms with van der Waals surface area (Å²) in [5.74, 6) is 0.551. The zero-order valence-electron chi connectivity index (χ0n) is 9.75. The Morgan fingerprint density at radius 3 is 2.88 bits per heavy atom. The maximum absolute atomic E-state index is 12.3. The molecule has 0 radical (unpaired) electrons. The number of amides is 1. The lowest BCUT2D eigenvalue weighted by Crippen LogP contribution is -2.39. The van der Waals surface area contributed by atoms with Crippen LogP contribution >= 0.6 is 23.2 Å². The number of likely N-dealkylation sites (tertiary alicyclic amines) is 1. The van der Waals surface area contributed by atoms with Crippen molar-refractivity contribution in [3.8, 4) is 0 Å². The van der Waals surface area contributed by atoms with Crippen LogP contribution in [-0.2, 0) is 0 Å². The second-order valence-electron chi connectivity index (χ2n) is 4.62. The first-order valence-electron chi connectivity index (χ1n) is 5.82. The lowest BCUT2D eigenvalue weighted by Gasteiger charge is -2.31. The van der Waals surface area contributed by atoms with Gasteiger partial charge in [0.15, 0.2) is 0 Å². The van der Waals surface area contributed by atoms with Gasteiger partial charge in [-0.1, -0.05) is 30.1 Å². The van der Waals surface area contributed by atoms with E-state index in [0.717, 1.165) is 19.5 Å². The van der Waals surface area contributed by atoms with Crippen molar-refractivity contribution in [2.45, 2.75) is 19.8 Å². The third kappa shape index (κ3) is 2.93. The summed E-state index contributed by atoms with van der Waals surface area (Å²) < 4.78 is 0. The van der Waals surface area contributed by atoms with E-state index in [4.69, 9.17) is 23.2 Å². The fourth-order valence-corrected chi connectivity index (χ4v) is 2.58. The molecule has 4 heteroatoms. The molecule has 0 aromatic heterocycles. The molecule has 0 bridgehead atoms. The van der Waals surface area contributed by atoms with E-state index in [1.165, 1.54) is 6.42 Å². The molecule has 2 rings (SSSR count). The third-order valence-corrected chi connectivity index (χ3v) is 3.67. The van der Waals surface area contributed by atoms with Crippen LogP contribution in [-0.4, -0.2) is 23.9 Å². The van der Waals surface area contributed by atoms with Crippen LogP contribution in [0.3, 0.4) is 0 Å². The van der Waals surface area contributed by atoms with Crippen LogP contribution in [0.15, 0.2) is 18.2 Å². The van der Waals surface area contributed by atoms with Gasteiger partial charge in [-0.25, -0.2) is 0 Å². The number of halogens is 2. The van der Waals surface area contributed by atoms with Crippen molar-refractivity contribution in [1.82, 2.24) is 4.90 Å². The molecule has 0 aliphatic carbocycles. The third-order valence-electron chi connectivity index (χ3n) is 3.10. The SMILES string of the molecule is CC1CCCN(C(=O)c2cc(Cl)ccc2Cl)C1. The van der Waals surface area contributed by atoms with E-state index in [9.17, 15) is 4.79 Å². The molecule has 1 unspecified atom stereocenters. The fourth-order valence-electron chi connectivity index (χ4n) is 2.21. The Hall–Kier alpha value is -0.730. The van der Waals surface area contributed by atoms with Gasteiger partial charge in [-0.05, 0) is 37.0 Å². The molecular formula is C13H15Cl2NO. The van der Waals surface area contributed by atoms with Gasteiger partial charge >= 0.3 is 0 Å². The van der Waals surface area contributed by atoms with Crippen molar-refractivity contribution in [2.24, 2.45) is 5.92 Å². The molecule has 1 aliphatic heterocycles. The minimum absolute atomic E-state index is 0.0101. The molecular weight excluding hydrogens is 257 g/mol. The topological polar surface area (TPSA) is 20.3 Å². The highest BCUT2D eigenvalue weighted by Crippen LogP contribution is 2.24. The maximum Gasteiger partial charge on any atom is 0.255 e. The number of hydrogen-bond acceptors (Lipinski definition) is 1. The predicted molar refractivity (Wildman–Crippen MR) is 70.8 cm³/mol. The smallest absolute Gasteiger partial charge is 0.255 e. The minimum atomic E-state index is -0.0101. The van der Waals surface area contributed by atoms with Gasteiger partial charge in [-0.3, -0.25) is 4.79 Å². The molecule has 0 saturated carbocycles. The Bertz CT molecular complexity index is 433. The number of hydrogen-bond donors (Lipinski definition) is 0. The van der Waals surface area contributed by atoms with Crippen LogP contribution < -0.4 is 0 Å². The molecule has 92 valence electrons. The molecule has 1 fully saturated rings. The zero-order valence-corrected chi connectivity index (χ0v) is 11.3. The number of rotatable bonds is 1. The number of carbonyl (C=O) groups is 1. The van der Waals surface area contributed by atoms with Crippen molar-refractivity contribution in [2.75, 3.05) is 13.1 Å². The number of piperidine rings is 1. The Kier molecular flexibility index (Phi) is 3.95. The quantitative estimate of drug-likeness (QED) is 0.760. The summed E-state index contributed by atoms with van der Waals surface area (Å²) in [5, 5.41) is 1.01. The molecule has 17 heavy (non-hydrogen) atoms. The first kappa shape index (κ1) is 12.7. The van der Waals surface area contributed by atoms with E-state index in [2.05, 4.69) is 6.92 Å². The lowest BCUT2D eigenvalue weighted by molar-refractivity contribution is 0.0683. The van der Waals surface area contributed by atoms with Crippen molar-refractivity contribution >= 4 is 29.1 Å². The van der Waals surface area contributed by atoms with Gasteiger partial charge in [-0.15, -0.1) is 0 Å². The van der Waals surface area contributed by atoms with E-state index >= 15 is 0 Å². The van der Waals surface area contributed by atoms with E-state index in [0.29, 0.717) is 21.5 Å². The lowest BCUT2D eigenvalue weighted by atomic mass is 9.99. The monoisotopic (exact) mass is 271 g/mol. The average Bonchev–Trinajstić information content (AvgIpc) is 2.31. The van der Waals surface area contributed by atoms with E-state index in [1.54, 1.807) is 18.2 Å². The van der Waals surface area contributed by atoms with Crippen molar-refractivity contribution in [3.05, 3.63) is 33.8 Å². The molecule has 1 heterocycles. The maximum atomic E-state index is 12.3. The van der Waals surface area contributed by atoms with Crippen molar-refractivity contribution < 1.29 is 4.79 Å². The van der Waals surface area contributed by atoms with Gasteiger partial charge in [0.05, 0.1) is 10.6 Å². The van der Waals surface area contributed by atoms with Crippen LogP contribution in [0, 0.1) is 5.92 Å². The zero-order chi connectivity index (χ0) is 12.4. The molecule has 1 amide bonds. The summed E-state index contributed by atoms with van der Waals surface area (Å²) >= 11 is 11.9. The van der Waals surface area contributed by atoms with Crippen LogP contribution in [0.2, 0.25) is 10.0 Å². The Morgan fingerprint density at radius 2 is 2.18 bits per heavy atom. The molecule has 1 aromatic carbocycles. The van der Waals surface area contributed by atoms with Crippen LogP contribution in [0.5, 0.6) is 0 Å². The first-order chi connectivity index (χ1) is 8.08. The van der Waals surface area contributed by atoms with Gasteiger partial charge in [-0.2, -0.15) is 0 Å². The van der Waals surface area contributed by atoms with Crippen LogP contribution in [0.25, 0.3) is 0 Å². The standard InChI is InChI=1S/C13H15Cl2NO/c1-9-3-2-6-16(8-9)13(17)11-7-10(14)4-5-12(11)15/h4-5,7,9H,2-3,6,8H2,1H3. The molecule has 2 nitrogen and oxygen atoms in total. The van der Waals surface area contributed by atoms with E-state index < -0.39 is 0 Å². The van der Waals surface area contributed by atoms with Gasteiger partial charge in [0, 0.05) is 18.1 Å². The number of benzene rings is 1. The van der Waals surface area contributed by atoms with Gasteiger partial charge in [0.2, 0.25) is 0 Å². The van der Waals surface area contributed by atoms with Crippen molar-refractivity contribution in [3.63, 3.8) is 0 Å². The fraction of sp³-hybridized carbons (Fsp3) is 0.462. The van der Waals surface area contributed by atoms with Crippen molar-refractivity contribution in [1.29, 1.82) is 0 Å². The number of carbonyl (C=O) groups excluding carboxylic acids is 1. The molecule has 1 saturated heterocycles. The second kappa shape index (κ2) is 5.28. The average molecular weight is 272 g/mol. The van der Waals surface area contributed by atoms with E-state index in [-0.39, 0.29) is 5.91 Å². The van der Waals surface area contributed by atoms with Crippen LogP contribution in [0.4, 0.5) is 0 Å². The van der Waals surface area contributed by atoms with Gasteiger partial charge < -0.3 is 4.90 Å². The Labute approximate surface area is 112 Å². The van der Waals surface area contributed by atoms with Crippen LogP contribution in [0.1, 0.15) is 30.1 Å².